The SMILES string of the molecule is Cc1cc2oc(=O)cc(CSc3nc4sccc4c(=O)n3-c3ccccc3)c2cc1C(C)C. The number of thioether (sulfide) groups is 1. The molecule has 5 rings (SSSR count). The minimum atomic E-state index is -0.378. The molecule has 0 aliphatic heterocycles. The van der Waals surface area contributed by atoms with Gasteiger partial charge in [0, 0.05) is 17.2 Å². The van der Waals surface area contributed by atoms with Crippen LogP contribution >= 0.6 is 23.1 Å². The Morgan fingerprint density at radius 2 is 1.85 bits per heavy atom. The summed E-state index contributed by atoms with van der Waals surface area (Å²) in [5.74, 6) is 0.840. The van der Waals surface area contributed by atoms with Crippen molar-refractivity contribution in [3.63, 3.8) is 0 Å². The van der Waals surface area contributed by atoms with Gasteiger partial charge in [-0.3, -0.25) is 9.36 Å². The molecular formula is C26H22N2O3S2. The average molecular weight is 475 g/mol. The molecule has 5 aromatic rings. The molecule has 0 radical (unpaired) electrons. The van der Waals surface area contributed by atoms with Crippen LogP contribution in [0.4, 0.5) is 0 Å². The molecule has 0 unspecified atom stereocenters. The lowest BCUT2D eigenvalue weighted by Gasteiger charge is -2.14. The Balaban J connectivity index is 1.63. The first-order valence-corrected chi connectivity index (χ1v) is 12.5. The standard InChI is InChI=1S/C26H22N2O3S2/c1-15(2)20-13-21-17(12-23(29)31-22(21)11-16(20)3)14-33-26-27-24-19(9-10-32-24)25(30)28(26)18-7-5-4-6-8-18/h4-13,15H,14H2,1-3H3. The lowest BCUT2D eigenvalue weighted by molar-refractivity contribution is 0.559. The van der Waals surface area contributed by atoms with E-state index in [1.54, 1.807) is 10.6 Å². The van der Waals surface area contributed by atoms with Gasteiger partial charge in [-0.05, 0) is 65.2 Å². The van der Waals surface area contributed by atoms with Crippen molar-refractivity contribution < 1.29 is 4.42 Å². The van der Waals surface area contributed by atoms with Crippen LogP contribution in [-0.4, -0.2) is 9.55 Å². The lowest BCUT2D eigenvalue weighted by atomic mass is 9.95. The van der Waals surface area contributed by atoms with Crippen molar-refractivity contribution in [3.05, 3.63) is 97.4 Å². The molecule has 0 fully saturated rings. The van der Waals surface area contributed by atoms with Crippen molar-refractivity contribution >= 4 is 44.3 Å². The van der Waals surface area contributed by atoms with Crippen molar-refractivity contribution in [3.8, 4) is 5.69 Å². The molecule has 166 valence electrons. The molecule has 0 N–H and O–H groups in total. The summed E-state index contributed by atoms with van der Waals surface area (Å²) in [6.45, 7) is 6.34. The predicted octanol–water partition coefficient (Wildman–Crippen LogP) is 6.28. The second-order valence-corrected chi connectivity index (χ2v) is 10.1. The van der Waals surface area contributed by atoms with Gasteiger partial charge in [0.15, 0.2) is 5.16 Å². The first kappa shape index (κ1) is 21.7. The molecule has 0 saturated heterocycles. The van der Waals surface area contributed by atoms with E-state index >= 15 is 0 Å². The number of rotatable bonds is 5. The number of hydrogen-bond acceptors (Lipinski definition) is 6. The van der Waals surface area contributed by atoms with Crippen LogP contribution in [0.3, 0.4) is 0 Å². The van der Waals surface area contributed by atoms with E-state index in [2.05, 4.69) is 19.9 Å². The molecule has 0 bridgehead atoms. The first-order chi connectivity index (χ1) is 15.9. The van der Waals surface area contributed by atoms with Crippen molar-refractivity contribution in [2.45, 2.75) is 37.6 Å². The quantitative estimate of drug-likeness (QED) is 0.170. The maximum Gasteiger partial charge on any atom is 0.336 e. The highest BCUT2D eigenvalue weighted by molar-refractivity contribution is 7.98. The maximum absolute atomic E-state index is 13.3. The van der Waals surface area contributed by atoms with E-state index in [4.69, 9.17) is 9.40 Å². The predicted molar refractivity (Wildman–Crippen MR) is 136 cm³/mol. The zero-order valence-electron chi connectivity index (χ0n) is 18.5. The summed E-state index contributed by atoms with van der Waals surface area (Å²) in [5, 5.41) is 4.01. The maximum atomic E-state index is 13.3. The minimum Gasteiger partial charge on any atom is -0.423 e. The van der Waals surface area contributed by atoms with Gasteiger partial charge in [-0.1, -0.05) is 43.8 Å². The Hall–Kier alpha value is -3.16. The van der Waals surface area contributed by atoms with Gasteiger partial charge in [0.1, 0.15) is 10.4 Å². The number of nitrogens with zero attached hydrogens (tertiary/aromatic N) is 2. The summed E-state index contributed by atoms with van der Waals surface area (Å²) in [6.07, 6.45) is 0. The fourth-order valence-electron chi connectivity index (χ4n) is 4.07. The summed E-state index contributed by atoms with van der Waals surface area (Å²) in [6, 6.07) is 16.9. The summed E-state index contributed by atoms with van der Waals surface area (Å²) >= 11 is 2.90. The lowest BCUT2D eigenvalue weighted by Crippen LogP contribution is -2.21. The number of fused-ring (bicyclic) bond motifs is 2. The molecule has 5 nitrogen and oxygen atoms in total. The molecule has 0 saturated carbocycles. The van der Waals surface area contributed by atoms with Crippen molar-refractivity contribution in [1.29, 1.82) is 0 Å². The second-order valence-electron chi connectivity index (χ2n) is 8.25. The van der Waals surface area contributed by atoms with Crippen molar-refractivity contribution in [2.75, 3.05) is 0 Å². The van der Waals surface area contributed by atoms with E-state index in [-0.39, 0.29) is 11.2 Å². The zero-order chi connectivity index (χ0) is 23.1. The number of thiophene rings is 1. The Labute approximate surface area is 198 Å². The average Bonchev–Trinajstić information content (AvgIpc) is 3.26. The van der Waals surface area contributed by atoms with Crippen LogP contribution in [0.5, 0.6) is 0 Å². The molecular weight excluding hydrogens is 452 g/mol. The third kappa shape index (κ3) is 4.03. The number of hydrogen-bond donors (Lipinski definition) is 0. The van der Waals surface area contributed by atoms with Crippen molar-refractivity contribution in [2.24, 2.45) is 0 Å². The molecule has 3 heterocycles. The van der Waals surface area contributed by atoms with E-state index in [1.807, 2.05) is 54.8 Å². The van der Waals surface area contributed by atoms with Crippen LogP contribution in [-0.2, 0) is 5.75 Å². The van der Waals surface area contributed by atoms with Gasteiger partial charge in [0.25, 0.3) is 5.56 Å². The summed E-state index contributed by atoms with van der Waals surface area (Å²) in [5.41, 5.74) is 4.08. The van der Waals surface area contributed by atoms with Crippen LogP contribution in [0.15, 0.2) is 79.1 Å². The molecule has 0 atom stereocenters. The molecule has 0 spiro atoms. The molecule has 0 aliphatic carbocycles. The Morgan fingerprint density at radius 1 is 1.06 bits per heavy atom. The largest absolute Gasteiger partial charge is 0.423 e. The summed E-state index contributed by atoms with van der Waals surface area (Å²) in [4.78, 5) is 31.1. The molecule has 2 aromatic carbocycles. The third-order valence-electron chi connectivity index (χ3n) is 5.68. The second kappa shape index (κ2) is 8.65. The van der Waals surface area contributed by atoms with E-state index in [0.717, 1.165) is 22.2 Å². The Kier molecular flexibility index (Phi) is 5.68. The highest BCUT2D eigenvalue weighted by Crippen LogP contribution is 2.31. The van der Waals surface area contributed by atoms with Crippen LogP contribution < -0.4 is 11.2 Å². The van der Waals surface area contributed by atoms with Crippen LogP contribution in [0.2, 0.25) is 0 Å². The van der Waals surface area contributed by atoms with E-state index in [0.29, 0.717) is 32.6 Å². The highest BCUT2D eigenvalue weighted by atomic mass is 32.2. The highest BCUT2D eigenvalue weighted by Gasteiger charge is 2.16. The van der Waals surface area contributed by atoms with Crippen LogP contribution in [0, 0.1) is 6.92 Å². The Bertz CT molecular complexity index is 1600. The van der Waals surface area contributed by atoms with E-state index < -0.39 is 0 Å². The van der Waals surface area contributed by atoms with Gasteiger partial charge in [-0.15, -0.1) is 11.3 Å². The van der Waals surface area contributed by atoms with Crippen molar-refractivity contribution in [1.82, 2.24) is 9.55 Å². The number of aryl methyl sites for hydroxylation is 1. The number of aromatic nitrogens is 2. The molecule has 7 heteroatoms. The summed E-state index contributed by atoms with van der Waals surface area (Å²) in [7, 11) is 0. The topological polar surface area (TPSA) is 65.1 Å². The fraction of sp³-hybridized carbons (Fsp3) is 0.192. The van der Waals surface area contributed by atoms with Gasteiger partial charge in [-0.2, -0.15) is 0 Å². The van der Waals surface area contributed by atoms with Crippen LogP contribution in [0.1, 0.15) is 36.5 Å². The minimum absolute atomic E-state index is 0.0925. The third-order valence-corrected chi connectivity index (χ3v) is 7.47. The molecule has 0 aliphatic rings. The van der Waals surface area contributed by atoms with Gasteiger partial charge < -0.3 is 4.42 Å². The molecule has 0 amide bonds. The Morgan fingerprint density at radius 3 is 2.61 bits per heavy atom. The monoisotopic (exact) mass is 474 g/mol. The zero-order valence-corrected chi connectivity index (χ0v) is 20.1. The van der Waals surface area contributed by atoms with E-state index in [1.165, 1.54) is 28.7 Å². The van der Waals surface area contributed by atoms with Gasteiger partial charge >= 0.3 is 5.63 Å². The summed E-state index contributed by atoms with van der Waals surface area (Å²) < 4.78 is 7.15. The normalized spacial score (nSPS) is 11.6. The van der Waals surface area contributed by atoms with E-state index in [9.17, 15) is 9.59 Å². The van der Waals surface area contributed by atoms with Gasteiger partial charge in [0.2, 0.25) is 0 Å². The molecule has 33 heavy (non-hydrogen) atoms. The molecule has 3 aromatic heterocycles. The fourth-order valence-corrected chi connectivity index (χ4v) is 5.88. The first-order valence-electron chi connectivity index (χ1n) is 10.7. The number of para-hydroxylation sites is 1. The van der Waals surface area contributed by atoms with Gasteiger partial charge in [-0.25, -0.2) is 9.78 Å². The van der Waals surface area contributed by atoms with Crippen LogP contribution in [0.25, 0.3) is 26.9 Å². The smallest absolute Gasteiger partial charge is 0.336 e. The van der Waals surface area contributed by atoms with Gasteiger partial charge in [0.05, 0.1) is 11.1 Å². The number of benzene rings is 2.